The van der Waals surface area contributed by atoms with Crippen LogP contribution in [0.25, 0.3) is 5.82 Å². The van der Waals surface area contributed by atoms with Gasteiger partial charge in [0.15, 0.2) is 5.82 Å². The van der Waals surface area contributed by atoms with Gasteiger partial charge >= 0.3 is 0 Å². The van der Waals surface area contributed by atoms with Gasteiger partial charge in [-0.1, -0.05) is 0 Å². The van der Waals surface area contributed by atoms with Crippen molar-refractivity contribution in [1.29, 1.82) is 0 Å². The van der Waals surface area contributed by atoms with Crippen LogP contribution in [0.5, 0.6) is 0 Å². The van der Waals surface area contributed by atoms with Gasteiger partial charge in [-0.15, -0.1) is 0 Å². The van der Waals surface area contributed by atoms with Crippen molar-refractivity contribution in [2.45, 2.75) is 13.8 Å². The summed E-state index contributed by atoms with van der Waals surface area (Å²) >= 11 is 0. The third-order valence-electron chi connectivity index (χ3n) is 2.10. The summed E-state index contributed by atoms with van der Waals surface area (Å²) in [5.41, 5.74) is 0.994. The Hall–Kier alpha value is -2.04. The molecule has 0 aliphatic carbocycles. The Morgan fingerprint density at radius 2 is 1.67 bits per heavy atom. The highest BCUT2D eigenvalue weighted by Gasteiger charge is 2.06. The van der Waals surface area contributed by atoms with Crippen molar-refractivity contribution in [3.63, 3.8) is 0 Å². The molecule has 0 unspecified atom stereocenters. The topological polar surface area (TPSA) is 60.7 Å². The quantitative estimate of drug-likeness (QED) is 0.680. The molecule has 0 spiro atoms. The highest BCUT2D eigenvalue weighted by atomic mass is 16.1. The first-order chi connectivity index (χ1) is 7.20. The second-order valence-corrected chi connectivity index (χ2v) is 3.15. The molecule has 2 aromatic heterocycles. The molecule has 0 aliphatic rings. The van der Waals surface area contributed by atoms with Crippen molar-refractivity contribution in [3.8, 4) is 5.82 Å². The van der Waals surface area contributed by atoms with Gasteiger partial charge in [0, 0.05) is 24.8 Å². The minimum absolute atomic E-state index is 0.166. The van der Waals surface area contributed by atoms with E-state index in [4.69, 9.17) is 0 Å². The Morgan fingerprint density at radius 3 is 2.40 bits per heavy atom. The smallest absolute Gasteiger partial charge is 0.267 e. The van der Waals surface area contributed by atoms with Crippen molar-refractivity contribution < 1.29 is 0 Å². The van der Waals surface area contributed by atoms with E-state index in [0.29, 0.717) is 17.2 Å². The molecular weight excluding hydrogens is 192 g/mol. The van der Waals surface area contributed by atoms with Crippen LogP contribution in [0, 0.1) is 13.8 Å². The maximum atomic E-state index is 11.8. The average Bonchev–Trinajstić information content (AvgIpc) is 2.23. The lowest BCUT2D eigenvalue weighted by molar-refractivity contribution is 0.866. The summed E-state index contributed by atoms with van der Waals surface area (Å²) in [4.78, 5) is 23.9. The molecule has 15 heavy (non-hydrogen) atoms. The molecule has 5 nitrogen and oxygen atoms in total. The highest BCUT2D eigenvalue weighted by molar-refractivity contribution is 5.27. The zero-order valence-corrected chi connectivity index (χ0v) is 8.51. The molecule has 76 valence electrons. The lowest BCUT2D eigenvalue weighted by Gasteiger charge is -2.06. The van der Waals surface area contributed by atoms with Crippen LogP contribution in [0.2, 0.25) is 0 Å². The summed E-state index contributed by atoms with van der Waals surface area (Å²) in [5, 5.41) is 0. The highest BCUT2D eigenvalue weighted by Crippen LogP contribution is 2.03. The molecule has 0 N–H and O–H groups in total. The first kappa shape index (κ1) is 9.51. The Labute approximate surface area is 86.5 Å². The van der Waals surface area contributed by atoms with Gasteiger partial charge in [-0.3, -0.25) is 19.3 Å². The van der Waals surface area contributed by atoms with E-state index < -0.39 is 0 Å². The van der Waals surface area contributed by atoms with Crippen LogP contribution in [-0.4, -0.2) is 19.5 Å². The van der Waals surface area contributed by atoms with E-state index in [2.05, 4.69) is 15.0 Å². The predicted octanol–water partition coefficient (Wildman–Crippen LogP) is 0.639. The molecule has 0 saturated carbocycles. The summed E-state index contributed by atoms with van der Waals surface area (Å²) in [6, 6.07) is 0. The first-order valence-electron chi connectivity index (χ1n) is 4.52. The summed E-state index contributed by atoms with van der Waals surface area (Å²) in [6.07, 6.45) is 6.32. The largest absolute Gasteiger partial charge is 0.277 e. The minimum atomic E-state index is -0.166. The zero-order chi connectivity index (χ0) is 10.8. The van der Waals surface area contributed by atoms with Crippen molar-refractivity contribution >= 4 is 0 Å². The molecule has 2 rings (SSSR count). The summed E-state index contributed by atoms with van der Waals surface area (Å²) in [7, 11) is 0. The molecule has 0 saturated heterocycles. The Morgan fingerprint density at radius 1 is 1.00 bits per heavy atom. The number of hydrogen-bond donors (Lipinski definition) is 0. The SMILES string of the molecule is Cc1nccnc1-n1ccnc(C)c1=O. The second-order valence-electron chi connectivity index (χ2n) is 3.15. The minimum Gasteiger partial charge on any atom is -0.267 e. The molecule has 0 radical (unpaired) electrons. The fraction of sp³-hybridized carbons (Fsp3) is 0.200. The fourth-order valence-corrected chi connectivity index (χ4v) is 1.31. The number of aromatic nitrogens is 4. The predicted molar refractivity (Wildman–Crippen MR) is 54.9 cm³/mol. The third kappa shape index (κ3) is 1.63. The second kappa shape index (κ2) is 3.61. The lowest BCUT2D eigenvalue weighted by atomic mass is 10.4. The van der Waals surface area contributed by atoms with E-state index in [1.165, 1.54) is 4.57 Å². The Bertz CT molecular complexity index is 547. The molecule has 0 atom stereocenters. The van der Waals surface area contributed by atoms with Crippen LogP contribution >= 0.6 is 0 Å². The van der Waals surface area contributed by atoms with E-state index in [0.717, 1.165) is 0 Å². The molecule has 2 aromatic rings. The number of nitrogens with zero attached hydrogens (tertiary/aromatic N) is 4. The summed E-state index contributed by atoms with van der Waals surface area (Å²) < 4.78 is 1.45. The molecule has 5 heteroatoms. The Balaban J connectivity index is 2.70. The van der Waals surface area contributed by atoms with Crippen LogP contribution in [0.4, 0.5) is 0 Å². The molecular formula is C10H10N4O. The standard InChI is InChI=1S/C10H10N4O/c1-7-9(13-4-3-11-7)14-6-5-12-8(2)10(14)15/h3-6H,1-2H3. The van der Waals surface area contributed by atoms with E-state index in [-0.39, 0.29) is 5.56 Å². The van der Waals surface area contributed by atoms with Crippen molar-refractivity contribution in [3.05, 3.63) is 46.5 Å². The van der Waals surface area contributed by atoms with Gasteiger partial charge in [-0.25, -0.2) is 4.98 Å². The maximum absolute atomic E-state index is 11.8. The van der Waals surface area contributed by atoms with E-state index in [1.807, 2.05) is 6.92 Å². The van der Waals surface area contributed by atoms with Crippen LogP contribution in [0.15, 0.2) is 29.6 Å². The van der Waals surface area contributed by atoms with Gasteiger partial charge in [0.1, 0.15) is 5.69 Å². The van der Waals surface area contributed by atoms with Crippen molar-refractivity contribution in [1.82, 2.24) is 19.5 Å². The lowest BCUT2D eigenvalue weighted by Crippen LogP contribution is -2.22. The van der Waals surface area contributed by atoms with E-state index in [9.17, 15) is 4.79 Å². The molecule has 2 heterocycles. The molecule has 0 bridgehead atoms. The normalized spacial score (nSPS) is 10.3. The van der Waals surface area contributed by atoms with Crippen molar-refractivity contribution in [2.24, 2.45) is 0 Å². The zero-order valence-electron chi connectivity index (χ0n) is 8.51. The van der Waals surface area contributed by atoms with Crippen LogP contribution in [0.1, 0.15) is 11.4 Å². The van der Waals surface area contributed by atoms with Gasteiger partial charge in [-0.2, -0.15) is 0 Å². The van der Waals surface area contributed by atoms with E-state index >= 15 is 0 Å². The van der Waals surface area contributed by atoms with Gasteiger partial charge in [0.05, 0.1) is 5.69 Å². The van der Waals surface area contributed by atoms with Crippen LogP contribution in [-0.2, 0) is 0 Å². The summed E-state index contributed by atoms with van der Waals surface area (Å²) in [5.74, 6) is 0.549. The monoisotopic (exact) mass is 202 g/mol. The van der Waals surface area contributed by atoms with E-state index in [1.54, 1.807) is 31.7 Å². The first-order valence-corrected chi connectivity index (χ1v) is 4.52. The van der Waals surface area contributed by atoms with Gasteiger partial charge < -0.3 is 0 Å². The van der Waals surface area contributed by atoms with Crippen LogP contribution in [0.3, 0.4) is 0 Å². The molecule has 0 aromatic carbocycles. The number of hydrogen-bond acceptors (Lipinski definition) is 4. The molecule has 0 fully saturated rings. The number of aryl methyl sites for hydroxylation is 2. The van der Waals surface area contributed by atoms with Crippen molar-refractivity contribution in [2.75, 3.05) is 0 Å². The van der Waals surface area contributed by atoms with Gasteiger partial charge in [0.25, 0.3) is 5.56 Å². The third-order valence-corrected chi connectivity index (χ3v) is 2.10. The van der Waals surface area contributed by atoms with Gasteiger partial charge in [0.2, 0.25) is 0 Å². The Kier molecular flexibility index (Phi) is 2.29. The summed E-state index contributed by atoms with van der Waals surface area (Å²) in [6.45, 7) is 3.48. The number of rotatable bonds is 1. The molecule has 0 aliphatic heterocycles. The van der Waals surface area contributed by atoms with Gasteiger partial charge in [-0.05, 0) is 13.8 Å². The maximum Gasteiger partial charge on any atom is 0.277 e. The average molecular weight is 202 g/mol. The molecule has 0 amide bonds. The van der Waals surface area contributed by atoms with Crippen LogP contribution < -0.4 is 5.56 Å². The fourth-order valence-electron chi connectivity index (χ4n) is 1.31.